The predicted octanol–water partition coefficient (Wildman–Crippen LogP) is 8.70. The van der Waals surface area contributed by atoms with E-state index in [1.165, 1.54) is 13.2 Å². The highest BCUT2D eigenvalue weighted by molar-refractivity contribution is 5.75. The number of alkyl halides is 9. The summed E-state index contributed by atoms with van der Waals surface area (Å²) in [5.41, 5.74) is -3.24. The van der Waals surface area contributed by atoms with Crippen molar-refractivity contribution in [3.05, 3.63) is 88.0 Å². The van der Waals surface area contributed by atoms with Crippen LogP contribution in [0.5, 0.6) is 5.75 Å². The molecule has 0 aliphatic carbocycles. The maximum absolute atomic E-state index is 13.6. The summed E-state index contributed by atoms with van der Waals surface area (Å²) >= 11 is 0. The molecular formula is C28H24F9NO2. The van der Waals surface area contributed by atoms with Gasteiger partial charge in [-0.05, 0) is 70.6 Å². The molecule has 0 unspecified atom stereocenters. The summed E-state index contributed by atoms with van der Waals surface area (Å²) in [5, 5.41) is 0. The van der Waals surface area contributed by atoms with Gasteiger partial charge in [0.1, 0.15) is 5.75 Å². The van der Waals surface area contributed by atoms with Crippen LogP contribution < -0.4 is 4.74 Å². The quantitative estimate of drug-likeness (QED) is 0.198. The summed E-state index contributed by atoms with van der Waals surface area (Å²) in [6.45, 7) is 2.53. The van der Waals surface area contributed by atoms with Crippen LogP contribution >= 0.6 is 0 Å². The van der Waals surface area contributed by atoms with Gasteiger partial charge in [0.25, 0.3) is 0 Å². The van der Waals surface area contributed by atoms with Crippen molar-refractivity contribution >= 4 is 6.41 Å². The molecule has 3 nitrogen and oxygen atoms in total. The van der Waals surface area contributed by atoms with E-state index in [1.807, 2.05) is 13.8 Å². The van der Waals surface area contributed by atoms with Crippen LogP contribution in [0.4, 0.5) is 39.5 Å². The van der Waals surface area contributed by atoms with Crippen LogP contribution in [0.1, 0.15) is 53.1 Å². The van der Waals surface area contributed by atoms with Gasteiger partial charge >= 0.3 is 18.5 Å². The Labute approximate surface area is 224 Å². The van der Waals surface area contributed by atoms with Crippen molar-refractivity contribution in [2.45, 2.75) is 51.4 Å². The van der Waals surface area contributed by atoms with Gasteiger partial charge in [-0.25, -0.2) is 0 Å². The fourth-order valence-corrected chi connectivity index (χ4v) is 4.15. The van der Waals surface area contributed by atoms with Crippen molar-refractivity contribution in [2.75, 3.05) is 7.11 Å². The lowest BCUT2D eigenvalue weighted by Crippen LogP contribution is -2.23. The van der Waals surface area contributed by atoms with Crippen molar-refractivity contribution in [3.8, 4) is 16.9 Å². The normalized spacial score (nSPS) is 12.5. The van der Waals surface area contributed by atoms with Gasteiger partial charge in [-0.2, -0.15) is 39.5 Å². The number of amides is 1. The number of ether oxygens (including phenoxy) is 1. The summed E-state index contributed by atoms with van der Waals surface area (Å²) in [6.07, 6.45) is -14.8. The van der Waals surface area contributed by atoms with Gasteiger partial charge in [0.2, 0.25) is 6.41 Å². The number of benzene rings is 3. The lowest BCUT2D eigenvalue weighted by molar-refractivity contribution is -0.143. The van der Waals surface area contributed by atoms with Crippen molar-refractivity contribution in [1.82, 2.24) is 4.90 Å². The topological polar surface area (TPSA) is 29.5 Å². The maximum Gasteiger partial charge on any atom is 0.416 e. The minimum absolute atomic E-state index is 0.0378. The van der Waals surface area contributed by atoms with Crippen molar-refractivity contribution in [3.63, 3.8) is 0 Å². The summed E-state index contributed by atoms with van der Waals surface area (Å²) < 4.78 is 126. The van der Waals surface area contributed by atoms with E-state index in [-0.39, 0.29) is 29.5 Å². The van der Waals surface area contributed by atoms with Crippen molar-refractivity contribution in [1.29, 1.82) is 0 Å². The van der Waals surface area contributed by atoms with Crippen LogP contribution in [-0.4, -0.2) is 18.4 Å². The Morgan fingerprint density at radius 1 is 0.725 bits per heavy atom. The second-order valence-corrected chi connectivity index (χ2v) is 9.41. The van der Waals surface area contributed by atoms with E-state index in [4.69, 9.17) is 4.74 Å². The third kappa shape index (κ3) is 7.28. The predicted molar refractivity (Wildman–Crippen MR) is 129 cm³/mol. The molecule has 0 N–H and O–H groups in total. The highest BCUT2D eigenvalue weighted by atomic mass is 19.4. The number of carbonyl (C=O) groups excluding carboxylic acids is 1. The van der Waals surface area contributed by atoms with E-state index in [0.717, 1.165) is 22.6 Å². The van der Waals surface area contributed by atoms with E-state index in [9.17, 15) is 44.3 Å². The second-order valence-electron chi connectivity index (χ2n) is 9.41. The lowest BCUT2D eigenvalue weighted by Gasteiger charge is -2.23. The van der Waals surface area contributed by atoms with E-state index in [1.54, 1.807) is 18.2 Å². The lowest BCUT2D eigenvalue weighted by atomic mass is 9.92. The minimum atomic E-state index is -5.10. The van der Waals surface area contributed by atoms with Gasteiger partial charge in [0.15, 0.2) is 0 Å². The number of hydrogen-bond donors (Lipinski definition) is 0. The number of halogens is 9. The molecule has 3 aromatic carbocycles. The Bertz CT molecular complexity index is 1330. The first-order valence-corrected chi connectivity index (χ1v) is 11.8. The molecule has 0 saturated heterocycles. The van der Waals surface area contributed by atoms with Crippen LogP contribution in [0.2, 0.25) is 0 Å². The largest absolute Gasteiger partial charge is 0.496 e. The molecule has 0 atom stereocenters. The third-order valence-electron chi connectivity index (χ3n) is 6.17. The Morgan fingerprint density at radius 3 is 1.77 bits per heavy atom. The molecule has 0 bridgehead atoms. The van der Waals surface area contributed by atoms with Crippen LogP contribution in [0.3, 0.4) is 0 Å². The Balaban J connectivity index is 2.12. The third-order valence-corrected chi connectivity index (χ3v) is 6.17. The van der Waals surface area contributed by atoms with Gasteiger partial charge in [0, 0.05) is 18.7 Å². The van der Waals surface area contributed by atoms with Crippen LogP contribution in [-0.2, 0) is 36.4 Å². The second kappa shape index (κ2) is 11.4. The molecule has 3 aromatic rings. The van der Waals surface area contributed by atoms with Gasteiger partial charge in [-0.3, -0.25) is 4.79 Å². The molecule has 0 heterocycles. The van der Waals surface area contributed by atoms with Gasteiger partial charge in [-0.15, -0.1) is 0 Å². The Hall–Kier alpha value is -3.70. The van der Waals surface area contributed by atoms with E-state index >= 15 is 0 Å². The first-order chi connectivity index (χ1) is 18.4. The van der Waals surface area contributed by atoms with Crippen molar-refractivity contribution in [2.24, 2.45) is 0 Å². The van der Waals surface area contributed by atoms with Gasteiger partial charge in [0.05, 0.1) is 23.8 Å². The molecule has 216 valence electrons. The smallest absolute Gasteiger partial charge is 0.416 e. The molecule has 1 amide bonds. The van der Waals surface area contributed by atoms with E-state index in [2.05, 4.69) is 0 Å². The zero-order valence-corrected chi connectivity index (χ0v) is 21.4. The molecule has 12 heteroatoms. The number of rotatable bonds is 8. The summed E-state index contributed by atoms with van der Waals surface area (Å²) in [6, 6.07) is 8.83. The molecular weight excluding hydrogens is 553 g/mol. The SMILES string of the molecule is COc1ccc(C(C)C)cc1-c1ccc(C(F)(F)F)cc1CN(C=O)Cc1cc(C(F)(F)F)cc(C(F)(F)F)c1. The molecule has 3 rings (SSSR count). The number of methoxy groups -OCH3 is 1. The number of hydrogen-bond acceptors (Lipinski definition) is 2. The molecule has 0 aliphatic heterocycles. The van der Waals surface area contributed by atoms with Crippen LogP contribution in [0, 0.1) is 0 Å². The van der Waals surface area contributed by atoms with Crippen molar-refractivity contribution < 1.29 is 49.0 Å². The molecule has 0 aliphatic rings. The highest BCUT2D eigenvalue weighted by Crippen LogP contribution is 2.40. The maximum atomic E-state index is 13.6. The molecule has 0 aromatic heterocycles. The van der Waals surface area contributed by atoms with E-state index < -0.39 is 53.9 Å². The molecule has 0 saturated carbocycles. The first-order valence-electron chi connectivity index (χ1n) is 11.8. The van der Waals surface area contributed by atoms with Crippen LogP contribution in [0.25, 0.3) is 11.1 Å². The molecule has 40 heavy (non-hydrogen) atoms. The Morgan fingerprint density at radius 2 is 1.30 bits per heavy atom. The number of carbonyl (C=O) groups is 1. The van der Waals surface area contributed by atoms with Gasteiger partial charge in [-0.1, -0.05) is 26.0 Å². The average molecular weight is 577 g/mol. The van der Waals surface area contributed by atoms with Gasteiger partial charge < -0.3 is 9.64 Å². The molecule has 0 spiro atoms. The standard InChI is InChI=1S/C28H24F9NO2/c1-16(2)18-4-7-25(40-3)24(11-18)23-6-5-20(26(29,30)31)10-19(23)14-38(15-39)13-17-8-21(27(32,33)34)12-22(9-17)28(35,36)37/h4-12,15-16H,13-14H2,1-3H3. The Kier molecular flexibility index (Phi) is 8.80. The van der Waals surface area contributed by atoms with E-state index in [0.29, 0.717) is 23.4 Å². The summed E-state index contributed by atoms with van der Waals surface area (Å²) in [5.74, 6) is 0.355. The monoisotopic (exact) mass is 577 g/mol. The highest BCUT2D eigenvalue weighted by Gasteiger charge is 2.37. The summed E-state index contributed by atoms with van der Waals surface area (Å²) in [7, 11) is 1.36. The fraction of sp³-hybridized carbons (Fsp3) is 0.321. The number of nitrogens with zero attached hydrogens (tertiary/aromatic N) is 1. The zero-order valence-electron chi connectivity index (χ0n) is 21.4. The summed E-state index contributed by atoms with van der Waals surface area (Å²) in [4.78, 5) is 12.7. The average Bonchev–Trinajstić information content (AvgIpc) is 2.86. The van der Waals surface area contributed by atoms with Crippen LogP contribution in [0.15, 0.2) is 54.6 Å². The fourth-order valence-electron chi connectivity index (χ4n) is 4.15. The minimum Gasteiger partial charge on any atom is -0.496 e. The molecule has 0 fully saturated rings. The molecule has 0 radical (unpaired) electrons. The zero-order chi connectivity index (χ0) is 30.0. The first kappa shape index (κ1) is 30.8.